The summed E-state index contributed by atoms with van der Waals surface area (Å²) < 4.78 is 1.52. The lowest BCUT2D eigenvalue weighted by Gasteiger charge is -2.14. The number of carbonyl (C=O) groups excluding carboxylic acids is 2. The number of hydrogen-bond acceptors (Lipinski definition) is 5. The normalized spacial score (nSPS) is 10.8. The Morgan fingerprint density at radius 1 is 1.10 bits per heavy atom. The van der Waals surface area contributed by atoms with Crippen LogP contribution in [0.25, 0.3) is 16.6 Å². The van der Waals surface area contributed by atoms with Crippen molar-refractivity contribution in [2.45, 2.75) is 32.3 Å². The van der Waals surface area contributed by atoms with E-state index in [0.717, 1.165) is 29.3 Å². The van der Waals surface area contributed by atoms with Crippen LogP contribution < -0.4 is 16.2 Å². The van der Waals surface area contributed by atoms with Crippen LogP contribution in [0.15, 0.2) is 52.4 Å². The number of aryl methyl sites for hydroxylation is 2. The summed E-state index contributed by atoms with van der Waals surface area (Å²) >= 11 is 1.11. The highest BCUT2D eigenvalue weighted by Crippen LogP contribution is 2.22. The Hall–Kier alpha value is -3.13. The number of nitrogens with zero attached hydrogens (tertiary/aromatic N) is 2. The van der Waals surface area contributed by atoms with Gasteiger partial charge in [-0.1, -0.05) is 36.9 Å². The number of benzene rings is 2. The van der Waals surface area contributed by atoms with E-state index in [-0.39, 0.29) is 11.3 Å². The van der Waals surface area contributed by atoms with Gasteiger partial charge in [0, 0.05) is 6.54 Å². The number of fused-ring (bicyclic) bond motifs is 1. The first-order chi connectivity index (χ1) is 14.4. The molecule has 1 heterocycles. The van der Waals surface area contributed by atoms with Crippen molar-refractivity contribution in [1.29, 1.82) is 0 Å². The monoisotopic (exact) mass is 424 g/mol. The number of imide groups is 1. The second-order valence-corrected chi connectivity index (χ2v) is 7.86. The predicted molar refractivity (Wildman–Crippen MR) is 119 cm³/mol. The summed E-state index contributed by atoms with van der Waals surface area (Å²) in [4.78, 5) is 41.7. The average Bonchev–Trinajstić information content (AvgIpc) is 2.73. The van der Waals surface area contributed by atoms with Crippen molar-refractivity contribution in [1.82, 2.24) is 20.2 Å². The van der Waals surface area contributed by atoms with E-state index in [2.05, 4.69) is 15.6 Å². The van der Waals surface area contributed by atoms with Gasteiger partial charge in [0.1, 0.15) is 0 Å². The van der Waals surface area contributed by atoms with E-state index in [1.165, 1.54) is 4.57 Å². The zero-order valence-electron chi connectivity index (χ0n) is 17.2. The van der Waals surface area contributed by atoms with Crippen LogP contribution in [0.5, 0.6) is 0 Å². The maximum atomic E-state index is 13.2. The van der Waals surface area contributed by atoms with Gasteiger partial charge in [-0.15, -0.1) is 0 Å². The molecular weight excluding hydrogens is 400 g/mol. The van der Waals surface area contributed by atoms with Gasteiger partial charge in [0.2, 0.25) is 5.91 Å². The Bertz CT molecular complexity index is 1160. The van der Waals surface area contributed by atoms with E-state index < -0.39 is 11.9 Å². The summed E-state index contributed by atoms with van der Waals surface area (Å²) in [6, 6.07) is 12.3. The van der Waals surface area contributed by atoms with Gasteiger partial charge >= 0.3 is 6.03 Å². The van der Waals surface area contributed by atoms with E-state index in [9.17, 15) is 14.4 Å². The summed E-state index contributed by atoms with van der Waals surface area (Å²) in [5.74, 6) is -0.502. The number of rotatable bonds is 6. The highest BCUT2D eigenvalue weighted by molar-refractivity contribution is 7.99. The lowest BCUT2D eigenvalue weighted by Crippen LogP contribution is -2.40. The maximum absolute atomic E-state index is 13.2. The minimum Gasteiger partial charge on any atom is -0.338 e. The Labute approximate surface area is 178 Å². The van der Waals surface area contributed by atoms with Crippen molar-refractivity contribution in [2.24, 2.45) is 0 Å². The predicted octanol–water partition coefficient (Wildman–Crippen LogP) is 3.33. The fourth-order valence-corrected chi connectivity index (χ4v) is 3.69. The summed E-state index contributed by atoms with van der Waals surface area (Å²) in [6.45, 7) is 6.40. The summed E-state index contributed by atoms with van der Waals surface area (Å²) in [5, 5.41) is 5.78. The second kappa shape index (κ2) is 9.58. The topological polar surface area (TPSA) is 93.1 Å². The number of hydrogen-bond donors (Lipinski definition) is 2. The second-order valence-electron chi connectivity index (χ2n) is 6.91. The van der Waals surface area contributed by atoms with Crippen LogP contribution in [-0.2, 0) is 4.79 Å². The highest BCUT2D eigenvalue weighted by Gasteiger charge is 2.16. The van der Waals surface area contributed by atoms with Crippen LogP contribution in [0.1, 0.15) is 24.5 Å². The number of thioether (sulfide) groups is 1. The van der Waals surface area contributed by atoms with Crippen LogP contribution >= 0.6 is 11.8 Å². The first-order valence-corrected chi connectivity index (χ1v) is 10.7. The molecule has 0 radical (unpaired) electrons. The Kier molecular flexibility index (Phi) is 6.89. The molecule has 156 valence electrons. The molecule has 0 aliphatic heterocycles. The molecule has 0 saturated heterocycles. The molecule has 0 aliphatic rings. The lowest BCUT2D eigenvalue weighted by molar-refractivity contribution is -0.117. The van der Waals surface area contributed by atoms with Gasteiger partial charge in [0.05, 0.1) is 22.3 Å². The molecule has 0 unspecified atom stereocenters. The molecule has 3 rings (SSSR count). The molecule has 8 heteroatoms. The third-order valence-electron chi connectivity index (χ3n) is 4.61. The van der Waals surface area contributed by atoms with Gasteiger partial charge in [-0.2, -0.15) is 0 Å². The van der Waals surface area contributed by atoms with Crippen molar-refractivity contribution < 1.29 is 9.59 Å². The Morgan fingerprint density at radius 2 is 1.87 bits per heavy atom. The molecule has 3 aromatic rings. The fourth-order valence-electron chi connectivity index (χ4n) is 2.88. The van der Waals surface area contributed by atoms with Gasteiger partial charge in [-0.25, -0.2) is 9.78 Å². The van der Waals surface area contributed by atoms with Crippen molar-refractivity contribution in [2.75, 3.05) is 12.3 Å². The number of para-hydroxylation sites is 1. The van der Waals surface area contributed by atoms with Crippen LogP contribution in [0, 0.1) is 13.8 Å². The smallest absolute Gasteiger partial charge is 0.321 e. The molecular formula is C22H24N4O3S. The van der Waals surface area contributed by atoms with E-state index >= 15 is 0 Å². The van der Waals surface area contributed by atoms with Crippen LogP contribution in [0.2, 0.25) is 0 Å². The zero-order valence-corrected chi connectivity index (χ0v) is 18.0. The molecule has 0 saturated carbocycles. The maximum Gasteiger partial charge on any atom is 0.321 e. The summed E-state index contributed by atoms with van der Waals surface area (Å²) in [6.07, 6.45) is 0.777. The molecule has 7 nitrogen and oxygen atoms in total. The first kappa shape index (κ1) is 21.6. The van der Waals surface area contributed by atoms with E-state index in [1.54, 1.807) is 18.2 Å². The minimum absolute atomic E-state index is 0.0465. The zero-order chi connectivity index (χ0) is 21.7. The molecule has 30 heavy (non-hydrogen) atoms. The Morgan fingerprint density at radius 3 is 2.60 bits per heavy atom. The third-order valence-corrected chi connectivity index (χ3v) is 5.55. The average molecular weight is 425 g/mol. The summed E-state index contributed by atoms with van der Waals surface area (Å²) in [7, 11) is 0. The quantitative estimate of drug-likeness (QED) is 0.468. The number of urea groups is 1. The standard InChI is InChI=1S/C22H24N4O3S/c1-4-11-23-21(29)25-19(27)13-30-22-24-18-8-6-5-7-17(18)20(28)26(22)16-10-9-14(2)15(3)12-16/h5-10,12H,4,11,13H2,1-3H3,(H2,23,25,27,29). The number of aromatic nitrogens is 2. The van der Waals surface area contributed by atoms with Gasteiger partial charge in [-0.3, -0.25) is 19.5 Å². The lowest BCUT2D eigenvalue weighted by atomic mass is 10.1. The highest BCUT2D eigenvalue weighted by atomic mass is 32.2. The number of nitrogens with one attached hydrogen (secondary N) is 2. The van der Waals surface area contributed by atoms with E-state index in [4.69, 9.17) is 0 Å². The van der Waals surface area contributed by atoms with E-state index in [1.807, 2.05) is 45.0 Å². The van der Waals surface area contributed by atoms with Crippen LogP contribution in [-0.4, -0.2) is 33.8 Å². The van der Waals surface area contributed by atoms with Gasteiger partial charge in [0.15, 0.2) is 5.16 Å². The van der Waals surface area contributed by atoms with Crippen molar-refractivity contribution in [3.8, 4) is 5.69 Å². The molecule has 0 spiro atoms. The van der Waals surface area contributed by atoms with Crippen molar-refractivity contribution in [3.05, 3.63) is 63.9 Å². The van der Waals surface area contributed by atoms with Gasteiger partial charge in [-0.05, 0) is 55.7 Å². The molecule has 0 atom stereocenters. The van der Waals surface area contributed by atoms with Crippen LogP contribution in [0.3, 0.4) is 0 Å². The van der Waals surface area contributed by atoms with E-state index in [0.29, 0.717) is 28.3 Å². The van der Waals surface area contributed by atoms with Gasteiger partial charge in [0.25, 0.3) is 5.56 Å². The SMILES string of the molecule is CCCNC(=O)NC(=O)CSc1nc2ccccc2c(=O)n1-c1ccc(C)c(C)c1. The molecule has 2 N–H and O–H groups in total. The fraction of sp³-hybridized carbons (Fsp3) is 0.273. The minimum atomic E-state index is -0.527. The number of carbonyl (C=O) groups is 2. The molecule has 0 aliphatic carbocycles. The molecule has 2 aromatic carbocycles. The van der Waals surface area contributed by atoms with Gasteiger partial charge < -0.3 is 5.32 Å². The first-order valence-electron chi connectivity index (χ1n) is 9.70. The van der Waals surface area contributed by atoms with Crippen LogP contribution in [0.4, 0.5) is 4.79 Å². The van der Waals surface area contributed by atoms with Crippen molar-refractivity contribution in [3.63, 3.8) is 0 Å². The molecule has 1 aromatic heterocycles. The summed E-state index contributed by atoms with van der Waals surface area (Å²) in [5.41, 5.74) is 3.21. The molecule has 0 bridgehead atoms. The third kappa shape index (κ3) is 4.88. The Balaban J connectivity index is 1.94. The largest absolute Gasteiger partial charge is 0.338 e. The molecule has 0 fully saturated rings. The molecule has 3 amide bonds. The van der Waals surface area contributed by atoms with Crippen molar-refractivity contribution >= 4 is 34.6 Å². The number of amides is 3.